The molecular formula is C20H22Cl2O5. The van der Waals surface area contributed by atoms with Crippen molar-refractivity contribution in [2.75, 3.05) is 13.7 Å². The molecule has 1 heterocycles. The summed E-state index contributed by atoms with van der Waals surface area (Å²) in [7, 11) is 1.49. The molecule has 0 bridgehead atoms. The van der Waals surface area contributed by atoms with Crippen LogP contribution in [0.25, 0.3) is 0 Å². The molecule has 0 amide bonds. The van der Waals surface area contributed by atoms with E-state index in [0.29, 0.717) is 23.3 Å². The van der Waals surface area contributed by atoms with Crippen LogP contribution in [0.1, 0.15) is 11.1 Å². The number of halogens is 2. The normalized spacial score (nSPS) is 25.0. The van der Waals surface area contributed by atoms with Gasteiger partial charge in [0.15, 0.2) is 6.29 Å². The fourth-order valence-corrected chi connectivity index (χ4v) is 3.14. The Morgan fingerprint density at radius 2 is 1.48 bits per heavy atom. The van der Waals surface area contributed by atoms with E-state index in [2.05, 4.69) is 0 Å². The van der Waals surface area contributed by atoms with Gasteiger partial charge in [0, 0.05) is 17.2 Å². The third kappa shape index (κ3) is 5.65. The highest BCUT2D eigenvalue weighted by molar-refractivity contribution is 6.30. The lowest BCUT2D eigenvalue weighted by atomic mass is 10.1. The summed E-state index contributed by atoms with van der Waals surface area (Å²) in [5.74, 6) is 0. The molecule has 1 aliphatic rings. The fourth-order valence-electron chi connectivity index (χ4n) is 2.89. The Bertz CT molecular complexity index is 707. The summed E-state index contributed by atoms with van der Waals surface area (Å²) in [5.41, 5.74) is 1.95. The van der Waals surface area contributed by atoms with Crippen molar-refractivity contribution < 1.29 is 24.1 Å². The summed E-state index contributed by atoms with van der Waals surface area (Å²) in [6.07, 6.45) is -2.64. The second-order valence-electron chi connectivity index (χ2n) is 6.31. The monoisotopic (exact) mass is 412 g/mol. The predicted molar refractivity (Wildman–Crippen MR) is 103 cm³/mol. The summed E-state index contributed by atoms with van der Waals surface area (Å²) in [6.45, 7) is 1.01. The minimum absolute atomic E-state index is 0.269. The Balaban J connectivity index is 1.55. The summed E-state index contributed by atoms with van der Waals surface area (Å²) < 4.78 is 22.6. The molecule has 5 nitrogen and oxygen atoms in total. The minimum atomic E-state index is -0.897. The maximum atomic E-state index is 10.4. The lowest BCUT2D eigenvalue weighted by molar-refractivity contribution is -0.156. The van der Waals surface area contributed by atoms with Crippen LogP contribution in [0.5, 0.6) is 0 Å². The highest BCUT2D eigenvalue weighted by atomic mass is 35.5. The molecule has 0 unspecified atom stereocenters. The Hall–Kier alpha value is -1.18. The maximum Gasteiger partial charge on any atom is 0.186 e. The van der Waals surface area contributed by atoms with Crippen LogP contribution < -0.4 is 0 Å². The van der Waals surface area contributed by atoms with Crippen LogP contribution in [-0.2, 0) is 32.2 Å². The first-order valence-corrected chi connectivity index (χ1v) is 9.37. The molecule has 2 aromatic carbocycles. The van der Waals surface area contributed by atoms with Crippen molar-refractivity contribution in [1.29, 1.82) is 0 Å². The minimum Gasteiger partial charge on any atom is -0.385 e. The van der Waals surface area contributed by atoms with Crippen LogP contribution >= 0.6 is 23.2 Å². The molecule has 7 heteroatoms. The topological polar surface area (TPSA) is 57.2 Å². The molecule has 0 aliphatic carbocycles. The number of hydrogen-bond acceptors (Lipinski definition) is 5. The van der Waals surface area contributed by atoms with Crippen molar-refractivity contribution >= 4 is 23.2 Å². The van der Waals surface area contributed by atoms with Crippen molar-refractivity contribution in [2.24, 2.45) is 0 Å². The number of benzene rings is 2. The van der Waals surface area contributed by atoms with E-state index < -0.39 is 24.6 Å². The number of ether oxygens (including phenoxy) is 4. The molecule has 3 rings (SSSR count). The molecule has 0 aromatic heterocycles. The van der Waals surface area contributed by atoms with Crippen LogP contribution in [0.15, 0.2) is 48.5 Å². The molecule has 4 atom stereocenters. The largest absolute Gasteiger partial charge is 0.385 e. The Labute approximate surface area is 168 Å². The molecule has 1 aliphatic heterocycles. The van der Waals surface area contributed by atoms with Crippen LogP contribution in [-0.4, -0.2) is 43.4 Å². The quantitative estimate of drug-likeness (QED) is 0.713. The van der Waals surface area contributed by atoms with Crippen LogP contribution in [0.3, 0.4) is 0 Å². The van der Waals surface area contributed by atoms with E-state index in [1.807, 2.05) is 36.4 Å². The molecule has 0 radical (unpaired) electrons. The van der Waals surface area contributed by atoms with E-state index in [-0.39, 0.29) is 6.61 Å². The molecule has 0 spiro atoms. The summed E-state index contributed by atoms with van der Waals surface area (Å²) in [4.78, 5) is 0. The van der Waals surface area contributed by atoms with E-state index in [1.54, 1.807) is 12.1 Å². The molecular weight excluding hydrogens is 391 g/mol. The Kier molecular flexibility index (Phi) is 7.49. The number of aliphatic hydroxyl groups is 1. The van der Waals surface area contributed by atoms with E-state index in [0.717, 1.165) is 11.1 Å². The zero-order valence-corrected chi connectivity index (χ0v) is 16.4. The zero-order valence-electron chi connectivity index (χ0n) is 14.9. The summed E-state index contributed by atoms with van der Waals surface area (Å²) in [5, 5.41) is 11.8. The average molecular weight is 413 g/mol. The second kappa shape index (κ2) is 9.85. The highest BCUT2D eigenvalue weighted by Gasteiger charge is 2.44. The second-order valence-corrected chi connectivity index (χ2v) is 7.19. The third-order valence-corrected chi connectivity index (χ3v) is 4.85. The van der Waals surface area contributed by atoms with Gasteiger partial charge in [-0.05, 0) is 35.4 Å². The van der Waals surface area contributed by atoms with Gasteiger partial charge in [-0.25, -0.2) is 0 Å². The number of methoxy groups -OCH3 is 1. The number of rotatable bonds is 8. The van der Waals surface area contributed by atoms with Gasteiger partial charge in [-0.3, -0.25) is 0 Å². The molecule has 1 fully saturated rings. The summed E-state index contributed by atoms with van der Waals surface area (Å²) in [6, 6.07) is 14.8. The molecule has 27 heavy (non-hydrogen) atoms. The molecule has 0 saturated carbocycles. The Morgan fingerprint density at radius 1 is 0.926 bits per heavy atom. The van der Waals surface area contributed by atoms with Crippen molar-refractivity contribution in [3.05, 3.63) is 69.7 Å². The van der Waals surface area contributed by atoms with Crippen molar-refractivity contribution in [1.82, 2.24) is 0 Å². The predicted octanol–water partition coefficient (Wildman–Crippen LogP) is 3.83. The number of aliphatic hydroxyl groups excluding tert-OH is 1. The summed E-state index contributed by atoms with van der Waals surface area (Å²) >= 11 is 11.8. The Morgan fingerprint density at radius 3 is 2.04 bits per heavy atom. The maximum absolute atomic E-state index is 10.4. The smallest absolute Gasteiger partial charge is 0.186 e. The van der Waals surface area contributed by atoms with Gasteiger partial charge in [0.25, 0.3) is 0 Å². The van der Waals surface area contributed by atoms with Crippen LogP contribution in [0.2, 0.25) is 10.0 Å². The lowest BCUT2D eigenvalue weighted by Gasteiger charge is -2.21. The van der Waals surface area contributed by atoms with E-state index in [9.17, 15) is 5.11 Å². The van der Waals surface area contributed by atoms with Gasteiger partial charge in [0.05, 0.1) is 19.8 Å². The van der Waals surface area contributed by atoms with Gasteiger partial charge in [-0.1, -0.05) is 47.5 Å². The van der Waals surface area contributed by atoms with Crippen LogP contribution in [0, 0.1) is 0 Å². The van der Waals surface area contributed by atoms with Gasteiger partial charge in [0.2, 0.25) is 0 Å². The van der Waals surface area contributed by atoms with Crippen molar-refractivity contribution in [3.63, 3.8) is 0 Å². The van der Waals surface area contributed by atoms with E-state index >= 15 is 0 Å². The molecule has 146 valence electrons. The van der Waals surface area contributed by atoms with Gasteiger partial charge >= 0.3 is 0 Å². The van der Waals surface area contributed by atoms with Crippen LogP contribution in [0.4, 0.5) is 0 Å². The van der Waals surface area contributed by atoms with Gasteiger partial charge in [0.1, 0.15) is 18.3 Å². The van der Waals surface area contributed by atoms with Gasteiger partial charge < -0.3 is 24.1 Å². The molecule has 1 N–H and O–H groups in total. The number of hydrogen-bond donors (Lipinski definition) is 1. The third-order valence-electron chi connectivity index (χ3n) is 4.34. The standard InChI is InChI=1S/C20H22Cl2O5/c1-24-20-18(23)19(26-11-14-4-8-16(22)9-5-14)17(27-20)12-25-10-13-2-6-15(21)7-3-13/h2-9,17-20,23H,10-12H2,1H3/t17-,18+,19+,20+/m0/s1. The first kappa shape index (κ1) is 20.6. The average Bonchev–Trinajstić information content (AvgIpc) is 2.98. The molecule has 1 saturated heterocycles. The van der Waals surface area contributed by atoms with E-state index in [1.165, 1.54) is 7.11 Å². The van der Waals surface area contributed by atoms with E-state index in [4.69, 9.17) is 42.1 Å². The lowest BCUT2D eigenvalue weighted by Crippen LogP contribution is -2.37. The first-order chi connectivity index (χ1) is 13.1. The SMILES string of the molecule is CO[C@@H]1O[C@@H](COCc2ccc(Cl)cc2)[C@@H](OCc2ccc(Cl)cc2)[C@H]1O. The first-order valence-electron chi connectivity index (χ1n) is 8.61. The zero-order chi connectivity index (χ0) is 19.2. The van der Waals surface area contributed by atoms with Gasteiger partial charge in [-0.15, -0.1) is 0 Å². The highest BCUT2D eigenvalue weighted by Crippen LogP contribution is 2.26. The fraction of sp³-hybridized carbons (Fsp3) is 0.400. The van der Waals surface area contributed by atoms with Crippen molar-refractivity contribution in [2.45, 2.75) is 37.8 Å². The molecule has 2 aromatic rings. The van der Waals surface area contributed by atoms with Gasteiger partial charge in [-0.2, -0.15) is 0 Å². The van der Waals surface area contributed by atoms with Crippen molar-refractivity contribution in [3.8, 4) is 0 Å².